The molecule has 9 nitrogen and oxygen atoms in total. The largest absolute Gasteiger partial charge is 0.439 e. The first-order valence-corrected chi connectivity index (χ1v) is 10.2. The minimum absolute atomic E-state index is 0.531. The van der Waals surface area contributed by atoms with Crippen molar-refractivity contribution >= 4 is 17.6 Å². The standard InChI is InChI=1S/C20H21N7O2S/c1-14-19(29-15(2)24-14)18-13-30-20(21-9-10-28-3)26(18)22-11-16-12-23-27(25-16)17-7-5-4-6-8-17/h4-8,11-13H,9-10H2,1-3H3/b21-20?,22-11+. The highest BCUT2D eigenvalue weighted by Gasteiger charge is 2.15. The van der Waals surface area contributed by atoms with Crippen LogP contribution >= 0.6 is 11.3 Å². The molecule has 1 aromatic carbocycles. The smallest absolute Gasteiger partial charge is 0.206 e. The predicted molar refractivity (Wildman–Crippen MR) is 114 cm³/mol. The molecule has 3 aromatic heterocycles. The van der Waals surface area contributed by atoms with Gasteiger partial charge in [-0.1, -0.05) is 18.2 Å². The summed E-state index contributed by atoms with van der Waals surface area (Å²) in [5.41, 5.74) is 3.08. The number of hydrogen-bond donors (Lipinski definition) is 0. The van der Waals surface area contributed by atoms with Crippen molar-refractivity contribution in [2.75, 3.05) is 20.3 Å². The van der Waals surface area contributed by atoms with Crippen molar-refractivity contribution in [2.24, 2.45) is 10.1 Å². The van der Waals surface area contributed by atoms with Crippen molar-refractivity contribution in [3.05, 3.63) is 64.0 Å². The van der Waals surface area contributed by atoms with Crippen LogP contribution in [0.15, 0.2) is 56.4 Å². The van der Waals surface area contributed by atoms with Crippen molar-refractivity contribution in [1.29, 1.82) is 0 Å². The highest BCUT2D eigenvalue weighted by molar-refractivity contribution is 7.07. The lowest BCUT2D eigenvalue weighted by atomic mass is 10.3. The number of hydrogen-bond acceptors (Lipinski definition) is 8. The molecule has 4 aromatic rings. The third kappa shape index (κ3) is 4.29. The number of ether oxygens (including phenoxy) is 1. The molecular weight excluding hydrogens is 402 g/mol. The Kier molecular flexibility index (Phi) is 5.96. The molecule has 3 heterocycles. The zero-order valence-electron chi connectivity index (χ0n) is 16.9. The SMILES string of the molecule is COCCN=c1scc(-c2oc(C)nc2C)n1/N=C/c1cnn(-c2ccccc2)n1. The summed E-state index contributed by atoms with van der Waals surface area (Å²) in [6.45, 7) is 4.79. The molecular formula is C20H21N7O2S. The van der Waals surface area contributed by atoms with E-state index in [1.165, 1.54) is 11.3 Å². The summed E-state index contributed by atoms with van der Waals surface area (Å²) in [7, 11) is 1.65. The molecule has 30 heavy (non-hydrogen) atoms. The van der Waals surface area contributed by atoms with Crippen LogP contribution in [0.2, 0.25) is 0 Å². The molecule has 0 aliphatic carbocycles. The van der Waals surface area contributed by atoms with Crippen molar-refractivity contribution in [3.8, 4) is 17.1 Å². The van der Waals surface area contributed by atoms with Crippen molar-refractivity contribution < 1.29 is 9.15 Å². The number of oxazole rings is 1. The number of para-hydroxylation sites is 1. The van der Waals surface area contributed by atoms with Crippen molar-refractivity contribution in [1.82, 2.24) is 24.7 Å². The number of benzene rings is 1. The highest BCUT2D eigenvalue weighted by atomic mass is 32.1. The number of methoxy groups -OCH3 is 1. The normalized spacial score (nSPS) is 12.3. The van der Waals surface area contributed by atoms with E-state index in [2.05, 4.69) is 25.3 Å². The van der Waals surface area contributed by atoms with Crippen LogP contribution in [0.25, 0.3) is 17.1 Å². The Labute approximate surface area is 177 Å². The molecule has 0 bridgehead atoms. The van der Waals surface area contributed by atoms with Crippen LogP contribution in [-0.4, -0.2) is 51.1 Å². The van der Waals surface area contributed by atoms with E-state index in [9.17, 15) is 0 Å². The Morgan fingerprint density at radius 2 is 2.07 bits per heavy atom. The zero-order valence-corrected chi connectivity index (χ0v) is 17.7. The van der Waals surface area contributed by atoms with Gasteiger partial charge in [0.2, 0.25) is 4.80 Å². The lowest BCUT2D eigenvalue weighted by molar-refractivity contribution is 0.207. The average Bonchev–Trinajstić information content (AvgIpc) is 3.46. The van der Waals surface area contributed by atoms with Gasteiger partial charge >= 0.3 is 0 Å². The predicted octanol–water partition coefficient (Wildman–Crippen LogP) is 2.83. The van der Waals surface area contributed by atoms with Crippen LogP contribution < -0.4 is 4.80 Å². The number of aromatic nitrogens is 5. The maximum Gasteiger partial charge on any atom is 0.206 e. The van der Waals surface area contributed by atoms with Gasteiger partial charge in [0.25, 0.3) is 0 Å². The molecule has 4 rings (SSSR count). The van der Waals surface area contributed by atoms with E-state index >= 15 is 0 Å². The van der Waals surface area contributed by atoms with Crippen molar-refractivity contribution in [2.45, 2.75) is 13.8 Å². The molecule has 0 aliphatic heterocycles. The van der Waals surface area contributed by atoms with E-state index in [4.69, 9.17) is 9.15 Å². The fourth-order valence-corrected chi connectivity index (χ4v) is 3.65. The van der Waals surface area contributed by atoms with Crippen LogP contribution in [0.4, 0.5) is 0 Å². The monoisotopic (exact) mass is 423 g/mol. The van der Waals surface area contributed by atoms with E-state index in [1.54, 1.807) is 29.0 Å². The number of nitrogens with zero attached hydrogens (tertiary/aromatic N) is 7. The van der Waals surface area contributed by atoms with Gasteiger partial charge in [-0.15, -0.1) is 16.4 Å². The second kappa shape index (κ2) is 8.97. The number of thiazole rings is 1. The van der Waals surface area contributed by atoms with E-state index in [0.29, 0.717) is 30.5 Å². The van der Waals surface area contributed by atoms with Crippen molar-refractivity contribution in [3.63, 3.8) is 0 Å². The zero-order chi connectivity index (χ0) is 20.9. The van der Waals surface area contributed by atoms with E-state index < -0.39 is 0 Å². The lowest BCUT2D eigenvalue weighted by Gasteiger charge is -2.01. The minimum atomic E-state index is 0.531. The third-order valence-corrected chi connectivity index (χ3v) is 5.02. The van der Waals surface area contributed by atoms with Crippen LogP contribution in [0, 0.1) is 13.8 Å². The Balaban J connectivity index is 1.70. The van der Waals surface area contributed by atoms with E-state index in [-0.39, 0.29) is 0 Å². The molecule has 0 saturated heterocycles. The van der Waals surface area contributed by atoms with E-state index in [1.807, 2.05) is 49.6 Å². The molecule has 0 N–H and O–H groups in total. The summed E-state index contributed by atoms with van der Waals surface area (Å²) in [6, 6.07) is 9.71. The summed E-state index contributed by atoms with van der Waals surface area (Å²) in [6.07, 6.45) is 3.31. The quantitative estimate of drug-likeness (QED) is 0.336. The van der Waals surface area contributed by atoms with Gasteiger partial charge in [-0.2, -0.15) is 15.0 Å². The van der Waals surface area contributed by atoms with E-state index in [0.717, 1.165) is 21.9 Å². The van der Waals surface area contributed by atoms with Gasteiger partial charge in [0.1, 0.15) is 11.4 Å². The van der Waals surface area contributed by atoms with Gasteiger partial charge in [0.15, 0.2) is 11.7 Å². The average molecular weight is 424 g/mol. The minimum Gasteiger partial charge on any atom is -0.439 e. The molecule has 0 spiro atoms. The molecule has 10 heteroatoms. The topological polar surface area (TPSA) is 95.6 Å². The number of aryl methyl sites for hydroxylation is 2. The Hall–Kier alpha value is -3.37. The van der Waals surface area contributed by atoms with Gasteiger partial charge in [-0.05, 0) is 19.1 Å². The van der Waals surface area contributed by atoms with Gasteiger partial charge in [0, 0.05) is 19.4 Å². The lowest BCUT2D eigenvalue weighted by Crippen LogP contribution is -2.14. The molecule has 154 valence electrons. The first-order chi connectivity index (χ1) is 14.7. The molecule has 0 amide bonds. The molecule has 0 fully saturated rings. The van der Waals surface area contributed by atoms with Gasteiger partial charge in [-0.25, -0.2) is 9.66 Å². The summed E-state index contributed by atoms with van der Waals surface area (Å²) < 4.78 is 12.6. The van der Waals surface area contributed by atoms with Crippen LogP contribution in [0.1, 0.15) is 17.3 Å². The fourth-order valence-electron chi connectivity index (χ4n) is 2.82. The van der Waals surface area contributed by atoms with Gasteiger partial charge < -0.3 is 9.15 Å². The molecule has 0 saturated carbocycles. The fraction of sp³-hybridized carbons (Fsp3) is 0.250. The summed E-state index contributed by atoms with van der Waals surface area (Å²) in [5, 5.41) is 15.3. The van der Waals surface area contributed by atoms with Gasteiger partial charge in [-0.3, -0.25) is 4.99 Å². The molecule has 0 atom stereocenters. The first kappa shape index (κ1) is 19.9. The summed E-state index contributed by atoms with van der Waals surface area (Å²) in [5.74, 6) is 1.27. The maximum atomic E-state index is 5.80. The molecule has 0 unspecified atom stereocenters. The van der Waals surface area contributed by atoms with Crippen LogP contribution in [-0.2, 0) is 4.74 Å². The Morgan fingerprint density at radius 3 is 2.80 bits per heavy atom. The van der Waals surface area contributed by atoms with Gasteiger partial charge in [0.05, 0.1) is 36.9 Å². The van der Waals surface area contributed by atoms with Crippen LogP contribution in [0.5, 0.6) is 0 Å². The first-order valence-electron chi connectivity index (χ1n) is 9.32. The number of rotatable bonds is 7. The highest BCUT2D eigenvalue weighted by Crippen LogP contribution is 2.24. The molecule has 0 radical (unpaired) electrons. The third-order valence-electron chi connectivity index (χ3n) is 4.17. The second-order valence-electron chi connectivity index (χ2n) is 6.38. The summed E-state index contributed by atoms with van der Waals surface area (Å²) in [4.78, 5) is 11.2. The maximum absolute atomic E-state index is 5.80. The second-order valence-corrected chi connectivity index (χ2v) is 7.21. The van der Waals surface area contributed by atoms with Crippen LogP contribution in [0.3, 0.4) is 0 Å². The molecule has 0 aliphatic rings. The summed E-state index contributed by atoms with van der Waals surface area (Å²) >= 11 is 1.47. The Morgan fingerprint density at radius 1 is 1.23 bits per heavy atom. The Bertz CT molecular complexity index is 1220.